The van der Waals surface area contributed by atoms with E-state index in [1.54, 1.807) is 0 Å². The fraction of sp³-hybridized carbons (Fsp3) is 0.706. The third kappa shape index (κ3) is 1.86. The number of hydrogen-bond acceptors (Lipinski definition) is 3. The Hall–Kier alpha value is -1.09. The molecular weight excluding hydrogens is 248 g/mol. The smallest absolute Gasteiger partial charge is 0.213 e. The Balaban J connectivity index is 1.76. The van der Waals surface area contributed by atoms with Crippen molar-refractivity contribution in [3.63, 3.8) is 0 Å². The van der Waals surface area contributed by atoms with Crippen molar-refractivity contribution in [3.05, 3.63) is 23.9 Å². The number of rotatable bonds is 3. The lowest BCUT2D eigenvalue weighted by Crippen LogP contribution is -2.39. The molecule has 0 radical (unpaired) electrons. The van der Waals surface area contributed by atoms with Gasteiger partial charge in [0.2, 0.25) is 5.88 Å². The molecule has 20 heavy (non-hydrogen) atoms. The van der Waals surface area contributed by atoms with Gasteiger partial charge in [0.15, 0.2) is 0 Å². The highest BCUT2D eigenvalue weighted by Gasteiger charge is 2.62. The molecule has 2 saturated carbocycles. The third-order valence-corrected chi connectivity index (χ3v) is 6.26. The first kappa shape index (κ1) is 13.9. The molecule has 2 aliphatic carbocycles. The average molecular weight is 274 g/mol. The topological polar surface area (TPSA) is 48.1 Å². The van der Waals surface area contributed by atoms with Crippen LogP contribution in [-0.4, -0.2) is 11.1 Å². The van der Waals surface area contributed by atoms with Crippen molar-refractivity contribution in [1.29, 1.82) is 0 Å². The fourth-order valence-electron chi connectivity index (χ4n) is 4.19. The van der Waals surface area contributed by atoms with Crippen molar-refractivity contribution < 1.29 is 4.74 Å². The lowest BCUT2D eigenvalue weighted by molar-refractivity contribution is 0.0273. The van der Waals surface area contributed by atoms with Crippen LogP contribution in [0.2, 0.25) is 0 Å². The van der Waals surface area contributed by atoms with E-state index in [1.165, 1.54) is 19.3 Å². The molecule has 1 heterocycles. The lowest BCUT2D eigenvalue weighted by atomic mass is 9.70. The third-order valence-electron chi connectivity index (χ3n) is 6.26. The van der Waals surface area contributed by atoms with Gasteiger partial charge in [-0.15, -0.1) is 0 Å². The van der Waals surface area contributed by atoms with Crippen LogP contribution in [0.15, 0.2) is 18.3 Å². The molecule has 0 aromatic carbocycles. The minimum atomic E-state index is 0.0236. The molecule has 3 unspecified atom stereocenters. The van der Waals surface area contributed by atoms with Gasteiger partial charge in [-0.1, -0.05) is 26.8 Å². The number of nitrogens with zero attached hydrogens (tertiary/aromatic N) is 1. The molecule has 2 fully saturated rings. The number of pyridine rings is 1. The summed E-state index contributed by atoms with van der Waals surface area (Å²) in [6, 6.07) is 4.00. The number of fused-ring (bicyclic) bond motifs is 2. The summed E-state index contributed by atoms with van der Waals surface area (Å²) in [7, 11) is 0. The molecule has 0 amide bonds. The van der Waals surface area contributed by atoms with Gasteiger partial charge in [-0.05, 0) is 43.1 Å². The second-order valence-corrected chi connectivity index (χ2v) is 7.44. The maximum absolute atomic E-state index is 6.23. The van der Waals surface area contributed by atoms with Crippen LogP contribution in [0, 0.1) is 16.7 Å². The first-order valence-electron chi connectivity index (χ1n) is 7.73. The first-order chi connectivity index (χ1) is 9.34. The largest absolute Gasteiger partial charge is 0.474 e. The molecule has 0 aliphatic heterocycles. The Morgan fingerprint density at radius 1 is 1.35 bits per heavy atom. The van der Waals surface area contributed by atoms with Crippen LogP contribution in [0.1, 0.15) is 58.6 Å². The van der Waals surface area contributed by atoms with E-state index in [0.29, 0.717) is 11.5 Å². The van der Waals surface area contributed by atoms with E-state index < -0.39 is 0 Å². The number of hydrogen-bond donors (Lipinski definition) is 1. The molecule has 3 heteroatoms. The van der Waals surface area contributed by atoms with Crippen molar-refractivity contribution in [1.82, 2.24) is 4.98 Å². The predicted molar refractivity (Wildman–Crippen MR) is 80.5 cm³/mol. The lowest BCUT2D eigenvalue weighted by Gasteiger charge is -2.38. The molecule has 2 aliphatic rings. The van der Waals surface area contributed by atoms with Crippen molar-refractivity contribution >= 4 is 0 Å². The minimum absolute atomic E-state index is 0.0236. The van der Waals surface area contributed by atoms with Gasteiger partial charge in [-0.25, -0.2) is 4.98 Å². The van der Waals surface area contributed by atoms with Crippen LogP contribution in [0.3, 0.4) is 0 Å². The van der Waals surface area contributed by atoms with E-state index in [1.807, 2.05) is 25.3 Å². The summed E-state index contributed by atoms with van der Waals surface area (Å²) in [6.07, 6.45) is 5.92. The van der Waals surface area contributed by atoms with Crippen molar-refractivity contribution in [3.8, 4) is 5.88 Å². The second kappa shape index (κ2) is 4.45. The van der Waals surface area contributed by atoms with Gasteiger partial charge in [0, 0.05) is 23.7 Å². The van der Waals surface area contributed by atoms with Crippen LogP contribution in [-0.2, 0) is 0 Å². The predicted octanol–water partition coefficient (Wildman–Crippen LogP) is 3.69. The molecule has 0 spiro atoms. The molecular formula is C17H26N2O. The summed E-state index contributed by atoms with van der Waals surface area (Å²) in [5.41, 5.74) is 7.56. The minimum Gasteiger partial charge on any atom is -0.474 e. The Morgan fingerprint density at radius 2 is 2.10 bits per heavy atom. The Bertz CT molecular complexity index is 494. The van der Waals surface area contributed by atoms with E-state index in [-0.39, 0.29) is 11.5 Å². The summed E-state index contributed by atoms with van der Waals surface area (Å²) < 4.78 is 6.23. The average Bonchev–Trinajstić information content (AvgIpc) is 2.72. The molecule has 1 aromatic heterocycles. The zero-order chi connectivity index (χ0) is 14.5. The van der Waals surface area contributed by atoms with E-state index >= 15 is 0 Å². The van der Waals surface area contributed by atoms with E-state index in [4.69, 9.17) is 10.5 Å². The van der Waals surface area contributed by atoms with E-state index in [2.05, 4.69) is 25.8 Å². The summed E-state index contributed by atoms with van der Waals surface area (Å²) in [6.45, 7) is 9.17. The van der Waals surface area contributed by atoms with E-state index in [9.17, 15) is 0 Å². The van der Waals surface area contributed by atoms with Crippen LogP contribution >= 0.6 is 0 Å². The Morgan fingerprint density at radius 3 is 2.55 bits per heavy atom. The molecule has 2 bridgehead atoms. The molecule has 2 N–H and O–H groups in total. The standard InChI is InChI=1S/C17H26N2O/c1-11(18)12-5-6-15(19-10-12)20-14-9-13-7-8-17(14,4)16(13,2)3/h5-6,10-11,13-14H,7-9,18H2,1-4H3/t11-,13?,14?,17?/m1/s1. The highest BCUT2D eigenvalue weighted by Crippen LogP contribution is 2.66. The highest BCUT2D eigenvalue weighted by atomic mass is 16.5. The zero-order valence-corrected chi connectivity index (χ0v) is 13.0. The van der Waals surface area contributed by atoms with Crippen LogP contribution in [0.4, 0.5) is 0 Å². The van der Waals surface area contributed by atoms with Gasteiger partial charge in [0.25, 0.3) is 0 Å². The first-order valence-corrected chi connectivity index (χ1v) is 7.73. The maximum Gasteiger partial charge on any atom is 0.213 e. The van der Waals surface area contributed by atoms with Gasteiger partial charge in [0.1, 0.15) is 6.10 Å². The molecule has 3 rings (SSSR count). The molecule has 110 valence electrons. The normalized spacial score (nSPS) is 36.0. The van der Waals surface area contributed by atoms with Crippen molar-refractivity contribution in [2.45, 2.75) is 59.1 Å². The van der Waals surface area contributed by atoms with E-state index in [0.717, 1.165) is 17.4 Å². The monoisotopic (exact) mass is 274 g/mol. The molecule has 0 saturated heterocycles. The van der Waals surface area contributed by atoms with Crippen LogP contribution in [0.25, 0.3) is 0 Å². The quantitative estimate of drug-likeness (QED) is 0.914. The molecule has 4 atom stereocenters. The summed E-state index contributed by atoms with van der Waals surface area (Å²) in [5.74, 6) is 1.53. The van der Waals surface area contributed by atoms with Crippen molar-refractivity contribution in [2.75, 3.05) is 0 Å². The summed E-state index contributed by atoms with van der Waals surface area (Å²) in [5, 5.41) is 0. The second-order valence-electron chi connectivity index (χ2n) is 7.44. The summed E-state index contributed by atoms with van der Waals surface area (Å²) >= 11 is 0. The van der Waals surface area contributed by atoms with Gasteiger partial charge in [-0.2, -0.15) is 0 Å². The van der Waals surface area contributed by atoms with Crippen molar-refractivity contribution in [2.24, 2.45) is 22.5 Å². The zero-order valence-electron chi connectivity index (χ0n) is 13.0. The molecule has 3 nitrogen and oxygen atoms in total. The number of aromatic nitrogens is 1. The van der Waals surface area contributed by atoms with Gasteiger partial charge >= 0.3 is 0 Å². The highest BCUT2D eigenvalue weighted by molar-refractivity contribution is 5.21. The number of ether oxygens (including phenoxy) is 1. The van der Waals surface area contributed by atoms with Crippen LogP contribution in [0.5, 0.6) is 5.88 Å². The Labute approximate surface area is 121 Å². The van der Waals surface area contributed by atoms with Gasteiger partial charge in [-0.3, -0.25) is 0 Å². The summed E-state index contributed by atoms with van der Waals surface area (Å²) in [4.78, 5) is 4.42. The van der Waals surface area contributed by atoms with Gasteiger partial charge < -0.3 is 10.5 Å². The van der Waals surface area contributed by atoms with Crippen LogP contribution < -0.4 is 10.5 Å². The maximum atomic E-state index is 6.23. The fourth-order valence-corrected chi connectivity index (χ4v) is 4.19. The van der Waals surface area contributed by atoms with Gasteiger partial charge in [0.05, 0.1) is 0 Å². The molecule has 1 aromatic rings. The SMILES string of the molecule is C[C@@H](N)c1ccc(OC2CC3CCC2(C)C3(C)C)nc1. The Kier molecular flexibility index (Phi) is 3.09. The number of nitrogens with two attached hydrogens (primary N) is 1.